The molecule has 0 N–H and O–H groups in total. The van der Waals surface area contributed by atoms with Crippen molar-refractivity contribution in [2.24, 2.45) is 0 Å². The standard InChI is InChI=1S/C19H12F3N/c20-16-8-13(6-7-14(16)11-23)19-17(21)9-15(10-18(19)22)12-4-2-1-3-5-12/h1-10,17,19H. The van der Waals surface area contributed by atoms with E-state index in [9.17, 15) is 13.2 Å². The summed E-state index contributed by atoms with van der Waals surface area (Å²) in [5.74, 6) is -2.63. The molecule has 0 spiro atoms. The second-order valence-electron chi connectivity index (χ2n) is 5.29. The SMILES string of the molecule is N#Cc1ccc(C2C(F)=CC(c3ccccc3)=CC2F)cc1F. The Kier molecular flexibility index (Phi) is 4.03. The van der Waals surface area contributed by atoms with Crippen LogP contribution >= 0.6 is 0 Å². The number of hydrogen-bond acceptors (Lipinski definition) is 1. The van der Waals surface area contributed by atoms with Gasteiger partial charge >= 0.3 is 0 Å². The van der Waals surface area contributed by atoms with E-state index >= 15 is 0 Å². The maximum absolute atomic E-state index is 14.5. The Morgan fingerprint density at radius 3 is 2.35 bits per heavy atom. The Bertz CT molecular complexity index is 831. The minimum absolute atomic E-state index is 0.148. The number of alkyl halides is 1. The number of nitrogens with zero attached hydrogens (tertiary/aromatic N) is 1. The van der Waals surface area contributed by atoms with E-state index in [1.165, 1.54) is 24.3 Å². The molecule has 1 aliphatic rings. The summed E-state index contributed by atoms with van der Waals surface area (Å²) < 4.78 is 42.6. The zero-order valence-corrected chi connectivity index (χ0v) is 12.0. The van der Waals surface area contributed by atoms with Gasteiger partial charge in [-0.25, -0.2) is 13.2 Å². The van der Waals surface area contributed by atoms with Crippen LogP contribution in [0.4, 0.5) is 13.2 Å². The van der Waals surface area contributed by atoms with E-state index in [0.29, 0.717) is 5.57 Å². The minimum atomic E-state index is -1.61. The van der Waals surface area contributed by atoms with E-state index in [1.54, 1.807) is 30.3 Å². The van der Waals surface area contributed by atoms with Crippen LogP contribution in [0.2, 0.25) is 0 Å². The largest absolute Gasteiger partial charge is 0.242 e. The predicted molar refractivity (Wildman–Crippen MR) is 82.4 cm³/mol. The second-order valence-corrected chi connectivity index (χ2v) is 5.29. The number of nitriles is 1. The molecule has 0 amide bonds. The van der Waals surface area contributed by atoms with Crippen molar-refractivity contribution in [2.75, 3.05) is 0 Å². The average Bonchev–Trinajstić information content (AvgIpc) is 2.55. The molecule has 0 radical (unpaired) electrons. The fraction of sp³-hybridized carbons (Fsp3) is 0.105. The molecule has 23 heavy (non-hydrogen) atoms. The lowest BCUT2D eigenvalue weighted by molar-refractivity contribution is 0.331. The summed E-state index contributed by atoms with van der Waals surface area (Å²) in [6.07, 6.45) is 0.994. The lowest BCUT2D eigenvalue weighted by Crippen LogP contribution is -2.17. The van der Waals surface area contributed by atoms with Gasteiger partial charge in [0.25, 0.3) is 0 Å². The second kappa shape index (κ2) is 6.13. The summed E-state index contributed by atoms with van der Waals surface area (Å²) in [6.45, 7) is 0. The topological polar surface area (TPSA) is 23.8 Å². The summed E-state index contributed by atoms with van der Waals surface area (Å²) in [5.41, 5.74) is 1.20. The molecular weight excluding hydrogens is 299 g/mol. The molecule has 2 aromatic carbocycles. The van der Waals surface area contributed by atoms with Crippen molar-refractivity contribution < 1.29 is 13.2 Å². The maximum Gasteiger partial charge on any atom is 0.141 e. The Balaban J connectivity index is 1.96. The molecule has 1 aliphatic carbocycles. The maximum atomic E-state index is 14.5. The first kappa shape index (κ1) is 15.1. The van der Waals surface area contributed by atoms with Crippen LogP contribution in [0, 0.1) is 17.1 Å². The molecule has 0 aliphatic heterocycles. The van der Waals surface area contributed by atoms with E-state index in [1.807, 2.05) is 6.07 Å². The van der Waals surface area contributed by atoms with Gasteiger partial charge in [-0.3, -0.25) is 0 Å². The van der Waals surface area contributed by atoms with Crippen molar-refractivity contribution in [3.05, 3.63) is 89.0 Å². The van der Waals surface area contributed by atoms with Crippen molar-refractivity contribution in [1.82, 2.24) is 0 Å². The first-order valence-electron chi connectivity index (χ1n) is 7.08. The summed E-state index contributed by atoms with van der Waals surface area (Å²) in [7, 11) is 0. The monoisotopic (exact) mass is 311 g/mol. The van der Waals surface area contributed by atoms with Crippen LogP contribution in [0.25, 0.3) is 5.57 Å². The Morgan fingerprint density at radius 2 is 1.74 bits per heavy atom. The van der Waals surface area contributed by atoms with Gasteiger partial charge in [0.2, 0.25) is 0 Å². The fourth-order valence-corrected chi connectivity index (χ4v) is 2.68. The lowest BCUT2D eigenvalue weighted by atomic mass is 9.85. The van der Waals surface area contributed by atoms with E-state index in [2.05, 4.69) is 0 Å². The number of halogens is 3. The average molecular weight is 311 g/mol. The highest BCUT2D eigenvalue weighted by Crippen LogP contribution is 2.38. The Labute approximate surface area is 132 Å². The van der Waals surface area contributed by atoms with Crippen molar-refractivity contribution in [2.45, 2.75) is 12.1 Å². The number of hydrogen-bond donors (Lipinski definition) is 0. The van der Waals surface area contributed by atoms with Gasteiger partial charge in [-0.2, -0.15) is 5.26 Å². The molecular formula is C19H12F3N. The molecule has 4 heteroatoms. The molecule has 2 unspecified atom stereocenters. The van der Waals surface area contributed by atoms with E-state index in [-0.39, 0.29) is 11.1 Å². The summed E-state index contributed by atoms with van der Waals surface area (Å²) in [4.78, 5) is 0. The first-order chi connectivity index (χ1) is 11.1. The third-order valence-electron chi connectivity index (χ3n) is 3.83. The zero-order chi connectivity index (χ0) is 16.4. The third-order valence-corrected chi connectivity index (χ3v) is 3.83. The van der Waals surface area contributed by atoms with Gasteiger partial charge in [0.05, 0.1) is 11.5 Å². The first-order valence-corrected chi connectivity index (χ1v) is 7.08. The molecule has 0 fully saturated rings. The van der Waals surface area contributed by atoms with Gasteiger partial charge in [-0.1, -0.05) is 36.4 Å². The van der Waals surface area contributed by atoms with Crippen LogP contribution in [0.1, 0.15) is 22.6 Å². The minimum Gasteiger partial charge on any atom is -0.242 e. The summed E-state index contributed by atoms with van der Waals surface area (Å²) in [5, 5.41) is 8.73. The number of allylic oxidation sites excluding steroid dienone is 4. The van der Waals surface area contributed by atoms with Gasteiger partial charge < -0.3 is 0 Å². The molecule has 0 saturated heterocycles. The molecule has 2 aromatic rings. The molecule has 1 nitrogen and oxygen atoms in total. The van der Waals surface area contributed by atoms with Gasteiger partial charge in [0.15, 0.2) is 0 Å². The van der Waals surface area contributed by atoms with Gasteiger partial charge in [0.1, 0.15) is 23.9 Å². The highest BCUT2D eigenvalue weighted by Gasteiger charge is 2.30. The predicted octanol–water partition coefficient (Wildman–Crippen LogP) is 5.07. The van der Waals surface area contributed by atoms with E-state index in [4.69, 9.17) is 5.26 Å². The van der Waals surface area contributed by atoms with Crippen molar-refractivity contribution in [1.29, 1.82) is 5.26 Å². The van der Waals surface area contributed by atoms with Crippen LogP contribution in [0.5, 0.6) is 0 Å². The summed E-state index contributed by atoms with van der Waals surface area (Å²) in [6, 6.07) is 14.3. The smallest absolute Gasteiger partial charge is 0.141 e. The molecule has 0 saturated carbocycles. The molecule has 0 aromatic heterocycles. The van der Waals surface area contributed by atoms with Crippen molar-refractivity contribution >= 4 is 5.57 Å². The van der Waals surface area contributed by atoms with Gasteiger partial charge in [-0.05, 0) is 41.0 Å². The highest BCUT2D eigenvalue weighted by molar-refractivity contribution is 5.76. The van der Waals surface area contributed by atoms with Crippen LogP contribution in [0.3, 0.4) is 0 Å². The van der Waals surface area contributed by atoms with Crippen molar-refractivity contribution in [3.8, 4) is 6.07 Å². The van der Waals surface area contributed by atoms with Crippen LogP contribution in [0.15, 0.2) is 66.5 Å². The third kappa shape index (κ3) is 2.91. The normalized spacial score (nSPS) is 20.4. The van der Waals surface area contributed by atoms with Crippen LogP contribution < -0.4 is 0 Å². The zero-order valence-electron chi connectivity index (χ0n) is 12.0. The van der Waals surface area contributed by atoms with Crippen molar-refractivity contribution in [3.63, 3.8) is 0 Å². The number of rotatable bonds is 2. The fourth-order valence-electron chi connectivity index (χ4n) is 2.68. The molecule has 0 heterocycles. The molecule has 114 valence electrons. The molecule has 2 atom stereocenters. The highest BCUT2D eigenvalue weighted by atomic mass is 19.1. The van der Waals surface area contributed by atoms with Gasteiger partial charge in [-0.15, -0.1) is 0 Å². The van der Waals surface area contributed by atoms with E-state index in [0.717, 1.165) is 11.6 Å². The summed E-state index contributed by atoms with van der Waals surface area (Å²) >= 11 is 0. The molecule has 0 bridgehead atoms. The van der Waals surface area contributed by atoms with Crippen LogP contribution in [-0.4, -0.2) is 6.17 Å². The van der Waals surface area contributed by atoms with Gasteiger partial charge in [0, 0.05) is 0 Å². The molecule has 3 rings (SSSR count). The quantitative estimate of drug-likeness (QED) is 0.759. The van der Waals surface area contributed by atoms with Crippen LogP contribution in [-0.2, 0) is 0 Å². The Hall–Kier alpha value is -2.80. The number of benzene rings is 2. The lowest BCUT2D eigenvalue weighted by Gasteiger charge is -2.23. The Morgan fingerprint density at radius 1 is 1.00 bits per heavy atom. The van der Waals surface area contributed by atoms with E-state index < -0.39 is 23.7 Å².